The van der Waals surface area contributed by atoms with Crippen LogP contribution in [0.1, 0.15) is 33.3 Å². The van der Waals surface area contributed by atoms with Crippen LogP contribution >= 0.6 is 0 Å². The fourth-order valence-corrected chi connectivity index (χ4v) is 2.68. The Morgan fingerprint density at radius 1 is 1.20 bits per heavy atom. The third-order valence-corrected chi connectivity index (χ3v) is 4.97. The molecule has 2 fully saturated rings. The summed E-state index contributed by atoms with van der Waals surface area (Å²) in [4.78, 5) is 0. The zero-order valence-corrected chi connectivity index (χ0v) is 15.0. The number of aliphatic hydroxyl groups is 1. The Hall–Kier alpha value is -1.41. The molecule has 2 unspecified atom stereocenters. The van der Waals surface area contributed by atoms with Crippen LogP contribution < -0.4 is 4.74 Å². The third kappa shape index (κ3) is 3.74. The Labute approximate surface area is 147 Å². The lowest BCUT2D eigenvalue weighted by Gasteiger charge is -2.32. The van der Waals surface area contributed by atoms with E-state index in [-0.39, 0.29) is 6.61 Å². The van der Waals surface area contributed by atoms with Crippen molar-refractivity contribution in [3.63, 3.8) is 0 Å². The van der Waals surface area contributed by atoms with Crippen LogP contribution in [-0.2, 0) is 14.0 Å². The highest BCUT2D eigenvalue weighted by Gasteiger charge is 2.53. The maximum atomic E-state index is 14.7. The van der Waals surface area contributed by atoms with Crippen LogP contribution in [0.15, 0.2) is 30.0 Å². The molecule has 0 amide bonds. The second kappa shape index (κ2) is 6.72. The first-order valence-electron chi connectivity index (χ1n) is 8.44. The van der Waals surface area contributed by atoms with Crippen molar-refractivity contribution in [3.05, 3.63) is 35.6 Å². The summed E-state index contributed by atoms with van der Waals surface area (Å²) in [5.74, 6) is 0.476. The Morgan fingerprint density at radius 2 is 1.84 bits per heavy atom. The normalized spacial score (nSPS) is 28.4. The molecule has 1 aromatic carbocycles. The summed E-state index contributed by atoms with van der Waals surface area (Å²) in [5.41, 5.74) is -1.19. The highest BCUT2D eigenvalue weighted by Crippen LogP contribution is 2.39. The van der Waals surface area contributed by atoms with Gasteiger partial charge < -0.3 is 23.9 Å². The van der Waals surface area contributed by atoms with Gasteiger partial charge in [-0.1, -0.05) is 18.2 Å². The fraction of sp³-hybridized carbons (Fsp3) is 0.556. The fourth-order valence-electron chi connectivity index (χ4n) is 2.68. The maximum absolute atomic E-state index is 14.7. The molecule has 3 rings (SSSR count). The van der Waals surface area contributed by atoms with E-state index in [2.05, 4.69) is 0 Å². The molecule has 0 saturated carbocycles. The van der Waals surface area contributed by atoms with Crippen molar-refractivity contribution in [1.82, 2.24) is 0 Å². The van der Waals surface area contributed by atoms with Crippen LogP contribution in [0.4, 0.5) is 4.39 Å². The van der Waals surface area contributed by atoms with Crippen LogP contribution in [0.25, 0.3) is 6.08 Å². The van der Waals surface area contributed by atoms with E-state index >= 15 is 0 Å². The summed E-state index contributed by atoms with van der Waals surface area (Å²) in [6.45, 7) is 8.04. The summed E-state index contributed by atoms with van der Waals surface area (Å²) < 4.78 is 37.2. The first-order chi connectivity index (χ1) is 11.7. The van der Waals surface area contributed by atoms with E-state index < -0.39 is 36.3 Å². The SMILES string of the molecule is CC1(C)OB(C(F)=Cc2ccccc2OC2COCC2O)OC1(C)C. The molecule has 1 N–H and O–H groups in total. The first-order valence-corrected chi connectivity index (χ1v) is 8.44. The average Bonchev–Trinajstić information content (AvgIpc) is 3.02. The monoisotopic (exact) mass is 350 g/mol. The Balaban J connectivity index is 1.79. The second-order valence-corrected chi connectivity index (χ2v) is 7.42. The largest absolute Gasteiger partial charge is 0.525 e. The molecule has 2 aliphatic rings. The standard InChI is InChI=1S/C18H24BFO5/c1-17(2)18(3,4)25-19(24-17)16(20)9-12-7-5-6-8-14(12)23-15-11-22-10-13(15)21/h5-9,13,15,21H,10-11H2,1-4H3. The second-order valence-electron chi connectivity index (χ2n) is 7.42. The van der Waals surface area contributed by atoms with Crippen LogP contribution in [-0.4, -0.2) is 48.8 Å². The first kappa shape index (κ1) is 18.4. The van der Waals surface area contributed by atoms with Gasteiger partial charge in [0.25, 0.3) is 0 Å². The number of hydrogen-bond acceptors (Lipinski definition) is 5. The van der Waals surface area contributed by atoms with Crippen LogP contribution in [0.3, 0.4) is 0 Å². The number of para-hydroxylation sites is 1. The Bertz CT molecular complexity index is 645. The van der Waals surface area contributed by atoms with Crippen molar-refractivity contribution in [2.45, 2.75) is 51.1 Å². The molecule has 0 spiro atoms. The molecular formula is C18H24BFO5. The van der Waals surface area contributed by atoms with Crippen LogP contribution in [0, 0.1) is 0 Å². The molecule has 136 valence electrons. The minimum absolute atomic E-state index is 0.241. The van der Waals surface area contributed by atoms with Gasteiger partial charge in [-0.2, -0.15) is 0 Å². The number of halogens is 1. The van der Waals surface area contributed by atoms with Crippen molar-refractivity contribution in [2.24, 2.45) is 0 Å². The van der Waals surface area contributed by atoms with Gasteiger partial charge in [0.15, 0.2) is 0 Å². The van der Waals surface area contributed by atoms with Crippen molar-refractivity contribution in [3.8, 4) is 5.75 Å². The maximum Gasteiger partial charge on any atom is 0.525 e. The van der Waals surface area contributed by atoms with E-state index in [9.17, 15) is 9.50 Å². The van der Waals surface area contributed by atoms with Gasteiger partial charge in [0.1, 0.15) is 23.7 Å². The third-order valence-electron chi connectivity index (χ3n) is 4.97. The number of rotatable bonds is 4. The summed E-state index contributed by atoms with van der Waals surface area (Å²) in [6, 6.07) is 7.05. The average molecular weight is 350 g/mol. The summed E-state index contributed by atoms with van der Waals surface area (Å²) in [7, 11) is -1.06. The van der Waals surface area contributed by atoms with Crippen molar-refractivity contribution < 1.29 is 28.3 Å². The zero-order chi connectivity index (χ0) is 18.2. The van der Waals surface area contributed by atoms with Gasteiger partial charge in [0, 0.05) is 5.56 Å². The molecule has 2 atom stereocenters. The lowest BCUT2D eigenvalue weighted by molar-refractivity contribution is 0.00578. The van der Waals surface area contributed by atoms with Gasteiger partial charge in [-0.15, -0.1) is 0 Å². The van der Waals surface area contributed by atoms with Gasteiger partial charge in [0.05, 0.1) is 24.4 Å². The number of aliphatic hydroxyl groups excluding tert-OH is 1. The lowest BCUT2D eigenvalue weighted by atomic mass is 9.86. The van der Waals surface area contributed by atoms with E-state index in [1.807, 2.05) is 27.7 Å². The van der Waals surface area contributed by atoms with Crippen LogP contribution in [0.2, 0.25) is 0 Å². The molecule has 0 aromatic heterocycles. The summed E-state index contributed by atoms with van der Waals surface area (Å²) in [6.07, 6.45) is 0.194. The zero-order valence-electron chi connectivity index (χ0n) is 15.0. The molecule has 2 aliphatic heterocycles. The van der Waals surface area contributed by atoms with Gasteiger partial charge in [-0.05, 0) is 39.8 Å². The molecule has 0 aliphatic carbocycles. The quantitative estimate of drug-likeness (QED) is 0.847. The number of ether oxygens (including phenoxy) is 2. The molecule has 2 heterocycles. The predicted molar refractivity (Wildman–Crippen MR) is 92.9 cm³/mol. The van der Waals surface area contributed by atoms with Crippen molar-refractivity contribution in [1.29, 1.82) is 0 Å². The lowest BCUT2D eigenvalue weighted by Crippen LogP contribution is -2.41. The Kier molecular flexibility index (Phi) is 4.94. The summed E-state index contributed by atoms with van der Waals surface area (Å²) >= 11 is 0. The smallest absolute Gasteiger partial charge is 0.485 e. The highest BCUT2D eigenvalue weighted by atomic mass is 19.1. The van der Waals surface area contributed by atoms with Crippen molar-refractivity contribution >= 4 is 13.2 Å². The van der Waals surface area contributed by atoms with Crippen LogP contribution in [0.5, 0.6) is 5.75 Å². The Morgan fingerprint density at radius 3 is 2.44 bits per heavy atom. The predicted octanol–water partition coefficient (Wildman–Crippen LogP) is 2.77. The number of benzene rings is 1. The molecule has 2 saturated heterocycles. The molecule has 25 heavy (non-hydrogen) atoms. The van der Waals surface area contributed by atoms with E-state index in [1.165, 1.54) is 6.08 Å². The van der Waals surface area contributed by atoms with Gasteiger partial charge >= 0.3 is 7.12 Å². The number of hydrogen-bond donors (Lipinski definition) is 1. The van der Waals surface area contributed by atoms with Gasteiger partial charge in [-0.3, -0.25) is 0 Å². The molecule has 1 aromatic rings. The molecule has 5 nitrogen and oxygen atoms in total. The molecule has 7 heteroatoms. The van der Waals surface area contributed by atoms with E-state index in [1.54, 1.807) is 24.3 Å². The van der Waals surface area contributed by atoms with Gasteiger partial charge in [-0.25, -0.2) is 4.39 Å². The van der Waals surface area contributed by atoms with Crippen molar-refractivity contribution in [2.75, 3.05) is 13.2 Å². The van der Waals surface area contributed by atoms with E-state index in [4.69, 9.17) is 18.8 Å². The summed E-state index contributed by atoms with van der Waals surface area (Å²) in [5, 5.41) is 9.83. The van der Waals surface area contributed by atoms with E-state index in [0.717, 1.165) is 0 Å². The molecular weight excluding hydrogens is 326 g/mol. The molecule has 0 radical (unpaired) electrons. The highest BCUT2D eigenvalue weighted by molar-refractivity contribution is 6.54. The minimum atomic E-state index is -1.06. The molecule has 0 bridgehead atoms. The minimum Gasteiger partial charge on any atom is -0.485 e. The topological polar surface area (TPSA) is 57.2 Å². The van der Waals surface area contributed by atoms with E-state index in [0.29, 0.717) is 17.9 Å². The van der Waals surface area contributed by atoms with Gasteiger partial charge in [0.2, 0.25) is 0 Å².